The van der Waals surface area contributed by atoms with Gasteiger partial charge < -0.3 is 4.74 Å². The van der Waals surface area contributed by atoms with Crippen LogP contribution < -0.4 is 4.74 Å². The van der Waals surface area contributed by atoms with E-state index in [2.05, 4.69) is 90.8 Å². The Labute approximate surface area is 137 Å². The third kappa shape index (κ3) is 3.27. The van der Waals surface area contributed by atoms with Gasteiger partial charge in [0, 0.05) is 3.57 Å². The molecule has 0 N–H and O–H groups in total. The van der Waals surface area contributed by atoms with Gasteiger partial charge in [0.2, 0.25) is 0 Å². The third-order valence-electron chi connectivity index (χ3n) is 2.63. The molecule has 4 heteroatoms. The number of benzene rings is 2. The number of alkyl halides is 1. The number of hydrogen-bond acceptors (Lipinski definition) is 1. The summed E-state index contributed by atoms with van der Waals surface area (Å²) in [7, 11) is 1.67. The van der Waals surface area contributed by atoms with E-state index in [1.807, 2.05) is 6.07 Å². The Morgan fingerprint density at radius 3 is 2.22 bits per heavy atom. The molecule has 1 atom stereocenters. The van der Waals surface area contributed by atoms with Crippen molar-refractivity contribution in [2.24, 2.45) is 0 Å². The minimum Gasteiger partial charge on any atom is -0.496 e. The van der Waals surface area contributed by atoms with Gasteiger partial charge in [-0.05, 0) is 73.9 Å². The fourth-order valence-electron chi connectivity index (χ4n) is 1.66. The summed E-state index contributed by atoms with van der Waals surface area (Å²) in [6.45, 7) is 0. The molecule has 1 nitrogen and oxygen atoms in total. The molecular weight excluding hydrogens is 471 g/mol. The van der Waals surface area contributed by atoms with Crippen LogP contribution in [-0.2, 0) is 0 Å². The Morgan fingerprint density at radius 1 is 1.06 bits per heavy atom. The van der Waals surface area contributed by atoms with Gasteiger partial charge in [-0.15, -0.1) is 0 Å². The van der Waals surface area contributed by atoms with Crippen molar-refractivity contribution in [1.29, 1.82) is 0 Å². The van der Waals surface area contributed by atoms with Gasteiger partial charge in [0.05, 0.1) is 16.4 Å². The summed E-state index contributed by atoms with van der Waals surface area (Å²) in [5, 5.41) is 0. The second-order valence-electron chi connectivity index (χ2n) is 3.81. The van der Waals surface area contributed by atoms with Crippen LogP contribution in [0.15, 0.2) is 46.9 Å². The molecule has 0 aromatic heterocycles. The van der Waals surface area contributed by atoms with Crippen molar-refractivity contribution in [3.8, 4) is 5.75 Å². The zero-order chi connectivity index (χ0) is 13.1. The molecule has 2 aromatic carbocycles. The fraction of sp³-hybridized carbons (Fsp3) is 0.143. The van der Waals surface area contributed by atoms with E-state index in [9.17, 15) is 0 Å². The summed E-state index contributed by atoms with van der Waals surface area (Å²) in [6.07, 6.45) is 0. The molecule has 0 saturated carbocycles. The summed E-state index contributed by atoms with van der Waals surface area (Å²) in [5.41, 5.74) is 2.44. The maximum Gasteiger partial charge on any atom is 0.133 e. The quantitative estimate of drug-likeness (QED) is 0.413. The predicted octanol–water partition coefficient (Wildman–Crippen LogP) is 5.55. The first-order chi connectivity index (χ1) is 8.61. The van der Waals surface area contributed by atoms with Gasteiger partial charge in [-0.2, -0.15) is 0 Å². The minimum atomic E-state index is 0.191. The van der Waals surface area contributed by atoms with E-state index < -0.39 is 0 Å². The van der Waals surface area contributed by atoms with Crippen LogP contribution in [-0.4, -0.2) is 7.11 Å². The van der Waals surface area contributed by atoms with Crippen molar-refractivity contribution in [2.75, 3.05) is 7.11 Å². The van der Waals surface area contributed by atoms with Crippen LogP contribution in [0.1, 0.15) is 16.0 Å². The minimum absolute atomic E-state index is 0.191. The summed E-state index contributed by atoms with van der Waals surface area (Å²) < 4.78 is 7.45. The lowest BCUT2D eigenvalue weighted by molar-refractivity contribution is 0.412. The maximum atomic E-state index is 5.24. The largest absolute Gasteiger partial charge is 0.496 e. The molecule has 0 heterocycles. The van der Waals surface area contributed by atoms with Crippen molar-refractivity contribution in [3.05, 3.63) is 61.6 Å². The molecule has 0 saturated heterocycles. The second-order valence-corrected chi connectivity index (χ2v) is 6.82. The zero-order valence-corrected chi connectivity index (χ0v) is 15.0. The summed E-state index contributed by atoms with van der Waals surface area (Å²) >= 11 is 9.56. The Morgan fingerprint density at radius 2 is 1.67 bits per heavy atom. The van der Waals surface area contributed by atoms with Crippen LogP contribution in [0.3, 0.4) is 0 Å². The van der Waals surface area contributed by atoms with E-state index in [4.69, 9.17) is 4.74 Å². The Bertz CT molecular complexity index is 540. The molecule has 94 valence electrons. The average molecular weight is 482 g/mol. The first kappa shape index (κ1) is 14.3. The normalized spacial score (nSPS) is 12.2. The number of rotatable bonds is 3. The molecule has 0 aliphatic rings. The van der Waals surface area contributed by atoms with Crippen LogP contribution in [0.4, 0.5) is 0 Å². The standard InChI is InChI=1S/C14H11Br2IO/c1-18-13-7-4-10(8-12(13)15)14(16)9-2-5-11(17)6-3-9/h2-8,14H,1H3. The molecule has 1 unspecified atom stereocenters. The molecule has 2 rings (SSSR count). The molecule has 0 aliphatic carbocycles. The zero-order valence-electron chi connectivity index (χ0n) is 9.66. The third-order valence-corrected chi connectivity index (χ3v) is 5.03. The second kappa shape index (κ2) is 6.39. The average Bonchev–Trinajstić information content (AvgIpc) is 2.38. The molecule has 0 amide bonds. The Kier molecular flexibility index (Phi) is 5.09. The lowest BCUT2D eigenvalue weighted by Gasteiger charge is -2.12. The molecule has 18 heavy (non-hydrogen) atoms. The SMILES string of the molecule is COc1ccc(C(Br)c2ccc(I)cc2)cc1Br. The smallest absolute Gasteiger partial charge is 0.133 e. The van der Waals surface area contributed by atoms with E-state index >= 15 is 0 Å². The van der Waals surface area contributed by atoms with Crippen molar-refractivity contribution in [2.45, 2.75) is 4.83 Å². The fourth-order valence-corrected chi connectivity index (χ4v) is 3.17. The number of ether oxygens (including phenoxy) is 1. The van der Waals surface area contributed by atoms with Gasteiger partial charge >= 0.3 is 0 Å². The van der Waals surface area contributed by atoms with Gasteiger partial charge in [0.1, 0.15) is 5.75 Å². The summed E-state index contributed by atoms with van der Waals surface area (Å²) in [4.78, 5) is 0.191. The van der Waals surface area contributed by atoms with Gasteiger partial charge in [-0.1, -0.05) is 34.1 Å². The van der Waals surface area contributed by atoms with Gasteiger partial charge in [0.25, 0.3) is 0 Å². The highest BCUT2D eigenvalue weighted by atomic mass is 127. The van der Waals surface area contributed by atoms with E-state index in [1.165, 1.54) is 14.7 Å². The molecule has 0 spiro atoms. The highest BCUT2D eigenvalue weighted by Crippen LogP contribution is 2.35. The van der Waals surface area contributed by atoms with E-state index in [-0.39, 0.29) is 4.83 Å². The molecule has 0 fully saturated rings. The first-order valence-electron chi connectivity index (χ1n) is 5.35. The predicted molar refractivity (Wildman–Crippen MR) is 90.6 cm³/mol. The van der Waals surface area contributed by atoms with Crippen LogP contribution in [0.2, 0.25) is 0 Å². The van der Waals surface area contributed by atoms with Gasteiger partial charge in [-0.25, -0.2) is 0 Å². The van der Waals surface area contributed by atoms with Crippen molar-refractivity contribution in [1.82, 2.24) is 0 Å². The lowest BCUT2D eigenvalue weighted by Crippen LogP contribution is -1.94. The van der Waals surface area contributed by atoms with Crippen molar-refractivity contribution >= 4 is 54.5 Å². The van der Waals surface area contributed by atoms with E-state index in [1.54, 1.807) is 7.11 Å². The number of hydrogen-bond donors (Lipinski definition) is 0. The maximum absolute atomic E-state index is 5.24. The van der Waals surface area contributed by atoms with Crippen LogP contribution in [0.25, 0.3) is 0 Å². The van der Waals surface area contributed by atoms with Crippen LogP contribution in [0, 0.1) is 3.57 Å². The topological polar surface area (TPSA) is 9.23 Å². The molecular formula is C14H11Br2IO. The van der Waals surface area contributed by atoms with Crippen molar-refractivity contribution < 1.29 is 4.74 Å². The van der Waals surface area contributed by atoms with E-state index in [0.29, 0.717) is 0 Å². The summed E-state index contributed by atoms with van der Waals surface area (Å²) in [6, 6.07) is 14.6. The van der Waals surface area contributed by atoms with Gasteiger partial charge in [-0.3, -0.25) is 0 Å². The number of methoxy groups -OCH3 is 1. The Hall–Kier alpha value is -0.0700. The van der Waals surface area contributed by atoms with Gasteiger partial charge in [0.15, 0.2) is 0 Å². The Balaban J connectivity index is 2.31. The highest BCUT2D eigenvalue weighted by molar-refractivity contribution is 14.1. The lowest BCUT2D eigenvalue weighted by atomic mass is 10.0. The molecule has 0 radical (unpaired) electrons. The highest BCUT2D eigenvalue weighted by Gasteiger charge is 2.12. The number of halogens is 3. The van der Waals surface area contributed by atoms with Crippen molar-refractivity contribution in [3.63, 3.8) is 0 Å². The molecule has 0 aliphatic heterocycles. The molecule has 0 bridgehead atoms. The molecule has 2 aromatic rings. The van der Waals surface area contributed by atoms with E-state index in [0.717, 1.165) is 10.2 Å². The summed E-state index contributed by atoms with van der Waals surface area (Å²) in [5.74, 6) is 0.848. The van der Waals surface area contributed by atoms with Crippen LogP contribution in [0.5, 0.6) is 5.75 Å². The monoisotopic (exact) mass is 480 g/mol. The van der Waals surface area contributed by atoms with Crippen LogP contribution >= 0.6 is 54.5 Å². The first-order valence-corrected chi connectivity index (χ1v) is 8.13.